The first-order chi connectivity index (χ1) is 7.38. The summed E-state index contributed by atoms with van der Waals surface area (Å²) >= 11 is 0. The van der Waals surface area contributed by atoms with Crippen molar-refractivity contribution < 1.29 is 18.3 Å². The fraction of sp³-hybridized carbons (Fsp3) is 0.600. The second kappa shape index (κ2) is 5.25. The molecule has 1 unspecified atom stereocenters. The molecule has 0 fully saturated rings. The highest BCUT2D eigenvalue weighted by atomic mass is 19.4. The lowest BCUT2D eigenvalue weighted by atomic mass is 10.1. The van der Waals surface area contributed by atoms with Crippen LogP contribution in [-0.4, -0.2) is 21.3 Å². The molecule has 0 bridgehead atoms. The quantitative estimate of drug-likeness (QED) is 0.870. The Morgan fingerprint density at radius 1 is 1.44 bits per heavy atom. The van der Waals surface area contributed by atoms with E-state index in [1.54, 1.807) is 6.92 Å². The van der Waals surface area contributed by atoms with E-state index in [0.717, 1.165) is 0 Å². The zero-order chi connectivity index (χ0) is 12.2. The average molecular weight is 234 g/mol. The van der Waals surface area contributed by atoms with Crippen LogP contribution >= 0.6 is 0 Å². The molecule has 90 valence electrons. The number of hydrogen-bond donors (Lipinski definition) is 1. The van der Waals surface area contributed by atoms with Crippen LogP contribution in [0.2, 0.25) is 0 Å². The molecule has 1 atom stereocenters. The van der Waals surface area contributed by atoms with Crippen LogP contribution in [0, 0.1) is 6.92 Å². The largest absolute Gasteiger partial charge is 0.389 e. The molecule has 0 saturated heterocycles. The maximum absolute atomic E-state index is 11.9. The molecule has 1 rings (SSSR count). The Kier molecular flexibility index (Phi) is 4.23. The molecular weight excluding hydrogens is 221 g/mol. The fourth-order valence-corrected chi connectivity index (χ4v) is 1.30. The minimum Gasteiger partial charge on any atom is -0.387 e. The second-order valence-electron chi connectivity index (χ2n) is 3.55. The van der Waals surface area contributed by atoms with Crippen LogP contribution in [0.1, 0.15) is 36.9 Å². The van der Waals surface area contributed by atoms with E-state index in [-0.39, 0.29) is 12.8 Å². The number of aliphatic hydroxyl groups is 1. The molecule has 0 aromatic carbocycles. The summed E-state index contributed by atoms with van der Waals surface area (Å²) in [6.07, 6.45) is -4.58. The van der Waals surface area contributed by atoms with Crippen LogP contribution in [0.3, 0.4) is 0 Å². The van der Waals surface area contributed by atoms with E-state index < -0.39 is 18.7 Å². The highest BCUT2D eigenvalue weighted by Crippen LogP contribution is 2.25. The third-order valence-electron chi connectivity index (χ3n) is 2.08. The highest BCUT2D eigenvalue weighted by Gasteiger charge is 2.26. The lowest BCUT2D eigenvalue weighted by Gasteiger charge is -2.11. The molecule has 1 aromatic heterocycles. The summed E-state index contributed by atoms with van der Waals surface area (Å²) in [6, 6.07) is 1.51. The van der Waals surface area contributed by atoms with E-state index in [4.69, 9.17) is 0 Å². The first-order valence-electron chi connectivity index (χ1n) is 4.93. The third kappa shape index (κ3) is 4.57. The molecule has 0 aliphatic carbocycles. The van der Waals surface area contributed by atoms with Crippen LogP contribution in [0.4, 0.5) is 13.2 Å². The molecule has 1 heterocycles. The smallest absolute Gasteiger partial charge is 0.387 e. The lowest BCUT2D eigenvalue weighted by molar-refractivity contribution is -0.136. The normalized spacial score (nSPS) is 13.8. The van der Waals surface area contributed by atoms with Gasteiger partial charge in [-0.25, -0.2) is 9.97 Å². The maximum Gasteiger partial charge on any atom is 0.389 e. The van der Waals surface area contributed by atoms with Crippen molar-refractivity contribution in [1.29, 1.82) is 0 Å². The molecule has 1 aromatic rings. The van der Waals surface area contributed by atoms with Gasteiger partial charge in [0.15, 0.2) is 0 Å². The Morgan fingerprint density at radius 2 is 2.12 bits per heavy atom. The van der Waals surface area contributed by atoms with E-state index >= 15 is 0 Å². The standard InChI is InChI=1S/C10H13F3N2O/c1-7-14-6-4-8(15-7)9(16)3-2-5-10(11,12)13/h4,6,9,16H,2-3,5H2,1H3. The molecule has 0 radical (unpaired) electrons. The molecule has 0 spiro atoms. The fourth-order valence-electron chi connectivity index (χ4n) is 1.30. The summed E-state index contributed by atoms with van der Waals surface area (Å²) < 4.78 is 35.6. The van der Waals surface area contributed by atoms with Gasteiger partial charge in [-0.15, -0.1) is 0 Å². The third-order valence-corrected chi connectivity index (χ3v) is 2.08. The molecule has 6 heteroatoms. The number of rotatable bonds is 4. The molecule has 16 heavy (non-hydrogen) atoms. The van der Waals surface area contributed by atoms with Crippen molar-refractivity contribution in [3.63, 3.8) is 0 Å². The van der Waals surface area contributed by atoms with E-state index in [2.05, 4.69) is 9.97 Å². The Hall–Kier alpha value is -1.17. The van der Waals surface area contributed by atoms with Gasteiger partial charge in [0.1, 0.15) is 5.82 Å². The topological polar surface area (TPSA) is 46.0 Å². The van der Waals surface area contributed by atoms with Crippen molar-refractivity contribution in [3.05, 3.63) is 23.8 Å². The molecule has 1 N–H and O–H groups in total. The highest BCUT2D eigenvalue weighted by molar-refractivity contribution is 5.04. The van der Waals surface area contributed by atoms with E-state index in [1.807, 2.05) is 0 Å². The number of hydrogen-bond acceptors (Lipinski definition) is 3. The molecule has 0 amide bonds. The summed E-state index contributed by atoms with van der Waals surface area (Å²) in [5, 5.41) is 9.58. The molecule has 3 nitrogen and oxygen atoms in total. The molecular formula is C10H13F3N2O. The van der Waals surface area contributed by atoms with Gasteiger partial charge in [-0.1, -0.05) is 0 Å². The molecule has 0 saturated carbocycles. The molecule has 0 aliphatic rings. The number of aryl methyl sites for hydroxylation is 1. The van der Waals surface area contributed by atoms with Gasteiger partial charge >= 0.3 is 6.18 Å². The zero-order valence-corrected chi connectivity index (χ0v) is 8.83. The Labute approximate surface area is 91.4 Å². The zero-order valence-electron chi connectivity index (χ0n) is 8.83. The summed E-state index contributed by atoms with van der Waals surface area (Å²) in [6.45, 7) is 1.66. The van der Waals surface area contributed by atoms with Gasteiger partial charge in [-0.3, -0.25) is 0 Å². The number of aliphatic hydroxyl groups excluding tert-OH is 1. The van der Waals surface area contributed by atoms with Gasteiger partial charge in [0.2, 0.25) is 0 Å². The van der Waals surface area contributed by atoms with Gasteiger partial charge in [0.05, 0.1) is 11.8 Å². The predicted molar refractivity (Wildman–Crippen MR) is 51.6 cm³/mol. The SMILES string of the molecule is Cc1nccc(C(O)CCCC(F)(F)F)n1. The average Bonchev–Trinajstić information content (AvgIpc) is 2.15. The van der Waals surface area contributed by atoms with Gasteiger partial charge in [-0.05, 0) is 25.8 Å². The summed E-state index contributed by atoms with van der Waals surface area (Å²) in [5.74, 6) is 0.493. The molecule has 0 aliphatic heterocycles. The summed E-state index contributed by atoms with van der Waals surface area (Å²) in [7, 11) is 0. The second-order valence-corrected chi connectivity index (χ2v) is 3.55. The van der Waals surface area contributed by atoms with Gasteiger partial charge in [0, 0.05) is 12.6 Å². The minimum atomic E-state index is -4.17. The van der Waals surface area contributed by atoms with Gasteiger partial charge < -0.3 is 5.11 Å². The Bertz CT molecular complexity index is 341. The van der Waals surface area contributed by atoms with Gasteiger partial charge in [0.25, 0.3) is 0 Å². The van der Waals surface area contributed by atoms with Crippen molar-refractivity contribution in [2.24, 2.45) is 0 Å². The first kappa shape index (κ1) is 12.9. The van der Waals surface area contributed by atoms with Crippen molar-refractivity contribution in [2.75, 3.05) is 0 Å². The number of aromatic nitrogens is 2. The lowest BCUT2D eigenvalue weighted by Crippen LogP contribution is -2.09. The monoisotopic (exact) mass is 234 g/mol. The number of alkyl halides is 3. The van der Waals surface area contributed by atoms with Crippen molar-refractivity contribution >= 4 is 0 Å². The summed E-state index contributed by atoms with van der Waals surface area (Å²) in [4.78, 5) is 7.79. The minimum absolute atomic E-state index is 0.0516. The van der Waals surface area contributed by atoms with Crippen molar-refractivity contribution in [1.82, 2.24) is 9.97 Å². The predicted octanol–water partition coefficient (Wildman–Crippen LogP) is 2.55. The van der Waals surface area contributed by atoms with E-state index in [1.165, 1.54) is 12.3 Å². The Morgan fingerprint density at radius 3 is 2.69 bits per heavy atom. The van der Waals surface area contributed by atoms with Crippen LogP contribution < -0.4 is 0 Å². The van der Waals surface area contributed by atoms with Crippen molar-refractivity contribution in [3.8, 4) is 0 Å². The van der Waals surface area contributed by atoms with E-state index in [0.29, 0.717) is 11.5 Å². The maximum atomic E-state index is 11.9. The van der Waals surface area contributed by atoms with E-state index in [9.17, 15) is 18.3 Å². The van der Waals surface area contributed by atoms with Crippen LogP contribution in [0.15, 0.2) is 12.3 Å². The first-order valence-corrected chi connectivity index (χ1v) is 4.93. The Balaban J connectivity index is 2.44. The number of halogens is 3. The van der Waals surface area contributed by atoms with Crippen LogP contribution in [0.5, 0.6) is 0 Å². The van der Waals surface area contributed by atoms with Crippen LogP contribution in [0.25, 0.3) is 0 Å². The number of nitrogens with zero attached hydrogens (tertiary/aromatic N) is 2. The van der Waals surface area contributed by atoms with Crippen LogP contribution in [-0.2, 0) is 0 Å². The van der Waals surface area contributed by atoms with Gasteiger partial charge in [-0.2, -0.15) is 13.2 Å². The summed E-state index contributed by atoms with van der Waals surface area (Å²) in [5.41, 5.74) is 0.370. The van der Waals surface area contributed by atoms with Crippen molar-refractivity contribution in [2.45, 2.75) is 38.5 Å².